The van der Waals surface area contributed by atoms with Crippen molar-refractivity contribution in [1.29, 1.82) is 0 Å². The van der Waals surface area contributed by atoms with Crippen LogP contribution in [0.5, 0.6) is 0 Å². The molecule has 0 amide bonds. The Morgan fingerprint density at radius 3 is 1.78 bits per heavy atom. The molecule has 0 bridgehead atoms. The second kappa shape index (κ2) is 5.14. The molecule has 4 heteroatoms. The first kappa shape index (κ1) is 17.6. The van der Waals surface area contributed by atoms with Gasteiger partial charge >= 0.3 is 6.92 Å². The van der Waals surface area contributed by atoms with E-state index in [1.165, 1.54) is 17.4 Å². The Kier molecular flexibility index (Phi) is 3.94. The van der Waals surface area contributed by atoms with Crippen LogP contribution in [0.1, 0.15) is 55.4 Å². The van der Waals surface area contributed by atoms with Crippen molar-refractivity contribution in [3.63, 3.8) is 0 Å². The molecule has 2 aliphatic heterocycles. The number of rotatable bonds is 2. The van der Waals surface area contributed by atoms with E-state index in [-0.39, 0.29) is 17.9 Å². The summed E-state index contributed by atoms with van der Waals surface area (Å²) in [5, 5.41) is 0. The van der Waals surface area contributed by atoms with E-state index >= 15 is 0 Å². The van der Waals surface area contributed by atoms with Gasteiger partial charge in [0.1, 0.15) is 0 Å². The van der Waals surface area contributed by atoms with Crippen LogP contribution in [0.4, 0.5) is 0 Å². The summed E-state index contributed by atoms with van der Waals surface area (Å²) in [7, 11) is 0. The zero-order valence-electron chi connectivity index (χ0n) is 16.2. The van der Waals surface area contributed by atoms with Crippen molar-refractivity contribution in [1.82, 2.24) is 0 Å². The molecule has 1 nitrogen and oxygen atoms in total. The molecule has 0 atom stereocenters. The SMILES string of the molecule is CC1(C)CB(c2ccc(B3CC(C)(C)C(C)(C)O3)s2)CC1(C)C. The standard InChI is InChI=1S/C19H32B2OS/c1-16(2)11-20(12-17(16,3)4)14-9-10-15(23-14)21-13-18(5,6)19(7,8)22-21/h9-10H,11-13H2,1-8H3. The van der Waals surface area contributed by atoms with Gasteiger partial charge in [0.2, 0.25) is 0 Å². The predicted molar refractivity (Wildman–Crippen MR) is 106 cm³/mol. The molecule has 126 valence electrons. The summed E-state index contributed by atoms with van der Waals surface area (Å²) < 4.78 is 9.42. The smallest absolute Gasteiger partial charge is 0.338 e. The third-order valence-corrected chi connectivity index (χ3v) is 8.82. The Balaban J connectivity index is 1.78. The number of hydrogen-bond donors (Lipinski definition) is 0. The van der Waals surface area contributed by atoms with Gasteiger partial charge in [0.15, 0.2) is 6.71 Å². The van der Waals surface area contributed by atoms with Crippen LogP contribution in [0, 0.1) is 16.2 Å². The zero-order valence-corrected chi connectivity index (χ0v) is 17.1. The highest BCUT2D eigenvalue weighted by Crippen LogP contribution is 2.52. The minimum absolute atomic E-state index is 0.0425. The maximum Gasteiger partial charge on any atom is 0.338 e. The highest BCUT2D eigenvalue weighted by atomic mass is 32.1. The predicted octanol–water partition coefficient (Wildman–Crippen LogP) is 4.55. The lowest BCUT2D eigenvalue weighted by Crippen LogP contribution is -2.35. The molecule has 0 saturated carbocycles. The van der Waals surface area contributed by atoms with E-state index in [0.29, 0.717) is 10.8 Å². The molecule has 0 N–H and O–H groups in total. The van der Waals surface area contributed by atoms with Crippen molar-refractivity contribution in [2.24, 2.45) is 16.2 Å². The van der Waals surface area contributed by atoms with E-state index in [4.69, 9.17) is 4.65 Å². The summed E-state index contributed by atoms with van der Waals surface area (Å²) in [5.74, 6) is 0. The average molecular weight is 330 g/mol. The monoisotopic (exact) mass is 330 g/mol. The minimum Gasteiger partial charge on any atom is -0.425 e. The van der Waals surface area contributed by atoms with Crippen LogP contribution in [0.2, 0.25) is 19.0 Å². The lowest BCUT2D eigenvalue weighted by Gasteiger charge is -2.35. The molecule has 0 radical (unpaired) electrons. The fourth-order valence-electron chi connectivity index (χ4n) is 4.24. The van der Waals surface area contributed by atoms with E-state index in [0.717, 1.165) is 13.0 Å². The first-order chi connectivity index (χ1) is 10.3. The van der Waals surface area contributed by atoms with Gasteiger partial charge in [0.05, 0.1) is 5.60 Å². The lowest BCUT2D eigenvalue weighted by molar-refractivity contribution is 0.0376. The van der Waals surface area contributed by atoms with E-state index in [1.807, 2.05) is 11.3 Å². The summed E-state index contributed by atoms with van der Waals surface area (Å²) in [6, 6.07) is 4.71. The van der Waals surface area contributed by atoms with Gasteiger partial charge in [-0.15, -0.1) is 0 Å². The molecule has 1 aromatic rings. The van der Waals surface area contributed by atoms with Gasteiger partial charge in [-0.3, -0.25) is 0 Å². The topological polar surface area (TPSA) is 9.23 Å². The lowest BCUT2D eigenvalue weighted by atomic mass is 9.45. The fraction of sp³-hybridized carbons (Fsp3) is 0.789. The molecular formula is C19H32B2OS. The van der Waals surface area contributed by atoms with Crippen LogP contribution in [0.3, 0.4) is 0 Å². The Labute approximate surface area is 147 Å². The van der Waals surface area contributed by atoms with Crippen LogP contribution >= 0.6 is 11.3 Å². The van der Waals surface area contributed by atoms with Crippen molar-refractivity contribution in [3.05, 3.63) is 12.1 Å². The summed E-state index contributed by atoms with van der Waals surface area (Å²) in [5.41, 5.74) is 1.05. The van der Waals surface area contributed by atoms with Gasteiger partial charge in [-0.05, 0) is 41.2 Å². The molecule has 2 saturated heterocycles. The third kappa shape index (κ3) is 2.84. The Hall–Kier alpha value is -0.210. The summed E-state index contributed by atoms with van der Waals surface area (Å²) in [6.07, 6.45) is 3.74. The molecular weight excluding hydrogens is 298 g/mol. The molecule has 3 rings (SSSR count). The molecule has 0 unspecified atom stereocenters. The van der Waals surface area contributed by atoms with Crippen LogP contribution < -0.4 is 9.55 Å². The third-order valence-electron chi connectivity index (χ3n) is 7.48. The van der Waals surface area contributed by atoms with Gasteiger partial charge < -0.3 is 4.65 Å². The van der Waals surface area contributed by atoms with E-state index in [9.17, 15) is 0 Å². The van der Waals surface area contributed by atoms with Gasteiger partial charge in [-0.2, -0.15) is 11.3 Å². The van der Waals surface area contributed by atoms with Crippen LogP contribution in [0.25, 0.3) is 0 Å². The van der Waals surface area contributed by atoms with Gasteiger partial charge in [0, 0.05) is 4.78 Å². The molecule has 0 spiro atoms. The van der Waals surface area contributed by atoms with E-state index in [2.05, 4.69) is 67.5 Å². The van der Waals surface area contributed by atoms with Crippen molar-refractivity contribution >= 4 is 34.5 Å². The van der Waals surface area contributed by atoms with Crippen molar-refractivity contribution < 1.29 is 4.65 Å². The zero-order chi connectivity index (χ0) is 17.3. The average Bonchev–Trinajstić information content (AvgIpc) is 2.96. The highest BCUT2D eigenvalue weighted by molar-refractivity contribution is 7.31. The molecule has 3 heterocycles. The molecule has 0 aliphatic carbocycles. The number of hydrogen-bond acceptors (Lipinski definition) is 2. The van der Waals surface area contributed by atoms with Crippen molar-refractivity contribution in [3.8, 4) is 0 Å². The molecule has 1 aromatic heterocycles. The second-order valence-corrected chi connectivity index (χ2v) is 11.5. The summed E-state index contributed by atoms with van der Waals surface area (Å²) in [6.45, 7) is 19.9. The van der Waals surface area contributed by atoms with Gasteiger partial charge in [-0.25, -0.2) is 0 Å². The molecule has 0 aromatic carbocycles. The Morgan fingerprint density at radius 2 is 1.30 bits per heavy atom. The Bertz CT molecular complexity index is 518. The first-order valence-electron chi connectivity index (χ1n) is 9.12. The summed E-state index contributed by atoms with van der Waals surface area (Å²) >= 11 is 2.01. The Morgan fingerprint density at radius 1 is 0.783 bits per heavy atom. The second-order valence-electron chi connectivity index (χ2n) is 10.3. The normalized spacial score (nSPS) is 27.7. The van der Waals surface area contributed by atoms with Crippen molar-refractivity contribution in [2.75, 3.05) is 0 Å². The van der Waals surface area contributed by atoms with Gasteiger partial charge in [0.25, 0.3) is 0 Å². The molecule has 2 aliphatic rings. The highest BCUT2D eigenvalue weighted by Gasteiger charge is 2.51. The number of thiophene rings is 1. The quantitative estimate of drug-likeness (QED) is 0.723. The maximum absolute atomic E-state index is 6.42. The minimum atomic E-state index is -0.0425. The maximum atomic E-state index is 6.42. The van der Waals surface area contributed by atoms with Crippen LogP contribution in [0.15, 0.2) is 12.1 Å². The van der Waals surface area contributed by atoms with E-state index < -0.39 is 0 Å². The molecule has 2 fully saturated rings. The van der Waals surface area contributed by atoms with Crippen LogP contribution in [-0.4, -0.2) is 19.2 Å². The van der Waals surface area contributed by atoms with E-state index in [1.54, 1.807) is 4.78 Å². The largest absolute Gasteiger partial charge is 0.425 e. The summed E-state index contributed by atoms with van der Waals surface area (Å²) in [4.78, 5) is 0. The van der Waals surface area contributed by atoms with Crippen LogP contribution in [-0.2, 0) is 4.65 Å². The molecule has 23 heavy (non-hydrogen) atoms. The van der Waals surface area contributed by atoms with Gasteiger partial charge in [-0.1, -0.05) is 66.3 Å². The van der Waals surface area contributed by atoms with Crippen molar-refractivity contribution in [2.45, 2.75) is 80.0 Å². The first-order valence-corrected chi connectivity index (χ1v) is 9.94. The fourth-order valence-corrected chi connectivity index (χ4v) is 5.38.